The van der Waals surface area contributed by atoms with Crippen molar-refractivity contribution in [2.24, 2.45) is 0 Å². The van der Waals surface area contributed by atoms with E-state index in [0.29, 0.717) is 0 Å². The molecule has 9 heavy (non-hydrogen) atoms. The predicted molar refractivity (Wildman–Crippen MR) is 46.4 cm³/mol. The summed E-state index contributed by atoms with van der Waals surface area (Å²) in [6.45, 7) is 2.12. The van der Waals surface area contributed by atoms with Crippen LogP contribution in [0.1, 0.15) is 11.8 Å². The lowest BCUT2D eigenvalue weighted by atomic mass is 10.4. The lowest BCUT2D eigenvalue weighted by Gasteiger charge is -1.85. The molecule has 0 radical (unpaired) electrons. The van der Waals surface area contributed by atoms with E-state index in [-0.39, 0.29) is 0 Å². The number of hydrogen-bond acceptors (Lipinski definition) is 1. The third-order valence-electron chi connectivity index (χ3n) is 1.05. The predicted octanol–water partition coefficient (Wildman–Crippen LogP) is 3.73. The molecule has 0 aliphatic carbocycles. The molecule has 1 aromatic rings. The first-order chi connectivity index (χ1) is 4.24. The van der Waals surface area contributed by atoms with Gasteiger partial charge in [-0.3, -0.25) is 0 Å². The summed E-state index contributed by atoms with van der Waals surface area (Å²) in [4.78, 5) is 1.32. The van der Waals surface area contributed by atoms with Crippen LogP contribution in [0.2, 0.25) is 4.34 Å². The molecule has 0 nitrogen and oxygen atoms in total. The van der Waals surface area contributed by atoms with Crippen molar-refractivity contribution in [2.45, 2.75) is 13.3 Å². The van der Waals surface area contributed by atoms with Crippen molar-refractivity contribution in [3.8, 4) is 0 Å². The summed E-state index contributed by atoms with van der Waals surface area (Å²) in [5.74, 6) is 0. The van der Waals surface area contributed by atoms with Crippen molar-refractivity contribution in [3.05, 3.63) is 19.8 Å². The molecule has 0 unspecified atom stereocenters. The van der Waals surface area contributed by atoms with E-state index < -0.39 is 0 Å². The SMILES string of the molecule is CCc1sc(Cl)cc1Br. The van der Waals surface area contributed by atoms with Gasteiger partial charge >= 0.3 is 0 Å². The summed E-state index contributed by atoms with van der Waals surface area (Å²) < 4.78 is 2.00. The van der Waals surface area contributed by atoms with Crippen LogP contribution >= 0.6 is 38.9 Å². The third-order valence-corrected chi connectivity index (χ3v) is 3.43. The maximum atomic E-state index is 5.73. The maximum absolute atomic E-state index is 5.73. The van der Waals surface area contributed by atoms with Gasteiger partial charge in [-0.25, -0.2) is 0 Å². The minimum atomic E-state index is 0.860. The summed E-state index contributed by atoms with van der Waals surface area (Å²) in [5, 5.41) is 0. The first-order valence-corrected chi connectivity index (χ1v) is 4.66. The van der Waals surface area contributed by atoms with Crippen LogP contribution in [-0.2, 0) is 6.42 Å². The standard InChI is InChI=1S/C6H6BrClS/c1-2-5-4(7)3-6(8)9-5/h3H,2H2,1H3. The van der Waals surface area contributed by atoms with Crippen LogP contribution in [0.25, 0.3) is 0 Å². The van der Waals surface area contributed by atoms with Crippen LogP contribution in [0, 0.1) is 0 Å². The molecular weight excluding hydrogens is 219 g/mol. The highest BCUT2D eigenvalue weighted by atomic mass is 79.9. The van der Waals surface area contributed by atoms with Crippen molar-refractivity contribution in [1.29, 1.82) is 0 Å². The van der Waals surface area contributed by atoms with Crippen molar-refractivity contribution < 1.29 is 0 Å². The monoisotopic (exact) mass is 224 g/mol. The quantitative estimate of drug-likeness (QED) is 0.683. The average molecular weight is 226 g/mol. The fraction of sp³-hybridized carbons (Fsp3) is 0.333. The average Bonchev–Trinajstić information content (AvgIpc) is 2.10. The van der Waals surface area contributed by atoms with E-state index >= 15 is 0 Å². The highest BCUT2D eigenvalue weighted by Crippen LogP contribution is 2.30. The minimum absolute atomic E-state index is 0.860. The van der Waals surface area contributed by atoms with Gasteiger partial charge in [0.25, 0.3) is 0 Å². The van der Waals surface area contributed by atoms with Crippen LogP contribution in [0.3, 0.4) is 0 Å². The van der Waals surface area contributed by atoms with Gasteiger partial charge in [-0.1, -0.05) is 18.5 Å². The molecule has 0 saturated heterocycles. The molecule has 0 N–H and O–H groups in total. The number of rotatable bonds is 1. The van der Waals surface area contributed by atoms with Gasteiger partial charge in [-0.2, -0.15) is 0 Å². The van der Waals surface area contributed by atoms with Crippen molar-refractivity contribution in [2.75, 3.05) is 0 Å². The van der Waals surface area contributed by atoms with Gasteiger partial charge in [0.15, 0.2) is 0 Å². The molecule has 0 aliphatic rings. The molecule has 3 heteroatoms. The van der Waals surface area contributed by atoms with E-state index in [0.717, 1.165) is 15.2 Å². The van der Waals surface area contributed by atoms with Crippen LogP contribution in [0.5, 0.6) is 0 Å². The van der Waals surface area contributed by atoms with Gasteiger partial charge in [0, 0.05) is 9.35 Å². The highest BCUT2D eigenvalue weighted by Gasteiger charge is 2.01. The lowest BCUT2D eigenvalue weighted by molar-refractivity contribution is 1.18. The Kier molecular flexibility index (Phi) is 2.56. The molecule has 0 aliphatic heterocycles. The summed E-state index contributed by atoms with van der Waals surface area (Å²) in [5.41, 5.74) is 0. The zero-order valence-electron chi connectivity index (χ0n) is 4.95. The summed E-state index contributed by atoms with van der Waals surface area (Å²) >= 11 is 10.8. The summed E-state index contributed by atoms with van der Waals surface area (Å²) in [6.07, 6.45) is 1.05. The molecule has 0 spiro atoms. The molecule has 0 atom stereocenters. The van der Waals surface area contributed by atoms with E-state index in [1.807, 2.05) is 6.07 Å². The zero-order chi connectivity index (χ0) is 6.85. The second-order valence-corrected chi connectivity index (χ2v) is 4.30. The fourth-order valence-corrected chi connectivity index (χ4v) is 2.75. The normalized spacial score (nSPS) is 10.1. The Hall–Kier alpha value is 0.470. The Morgan fingerprint density at radius 3 is 2.67 bits per heavy atom. The van der Waals surface area contributed by atoms with Crippen LogP contribution in [0.4, 0.5) is 0 Å². The molecule has 1 rings (SSSR count). The number of aryl methyl sites for hydroxylation is 1. The van der Waals surface area contributed by atoms with Gasteiger partial charge in [0.2, 0.25) is 0 Å². The molecule has 1 aromatic heterocycles. The van der Waals surface area contributed by atoms with Crippen LogP contribution in [-0.4, -0.2) is 0 Å². The first-order valence-electron chi connectivity index (χ1n) is 2.67. The van der Waals surface area contributed by atoms with Gasteiger partial charge in [-0.05, 0) is 28.4 Å². The maximum Gasteiger partial charge on any atom is 0.0942 e. The van der Waals surface area contributed by atoms with E-state index in [9.17, 15) is 0 Å². The number of hydrogen-bond donors (Lipinski definition) is 0. The van der Waals surface area contributed by atoms with E-state index in [2.05, 4.69) is 22.9 Å². The van der Waals surface area contributed by atoms with Crippen LogP contribution in [0.15, 0.2) is 10.5 Å². The van der Waals surface area contributed by atoms with Crippen molar-refractivity contribution in [1.82, 2.24) is 0 Å². The second-order valence-electron chi connectivity index (χ2n) is 1.68. The summed E-state index contributed by atoms with van der Waals surface area (Å²) in [7, 11) is 0. The molecular formula is C6H6BrClS. The Labute approximate surface area is 72.0 Å². The van der Waals surface area contributed by atoms with Gasteiger partial charge < -0.3 is 0 Å². The fourth-order valence-electron chi connectivity index (χ4n) is 0.617. The Balaban J connectivity index is 3.01. The van der Waals surface area contributed by atoms with Crippen LogP contribution < -0.4 is 0 Å². The Bertz CT molecular complexity index is 207. The molecule has 0 aromatic carbocycles. The van der Waals surface area contributed by atoms with Crippen molar-refractivity contribution >= 4 is 38.9 Å². The smallest absolute Gasteiger partial charge is 0.0942 e. The van der Waals surface area contributed by atoms with E-state index in [1.165, 1.54) is 4.88 Å². The zero-order valence-corrected chi connectivity index (χ0v) is 8.11. The highest BCUT2D eigenvalue weighted by molar-refractivity contribution is 9.10. The van der Waals surface area contributed by atoms with Crippen molar-refractivity contribution in [3.63, 3.8) is 0 Å². The minimum Gasteiger partial charge on any atom is -0.127 e. The number of halogens is 2. The largest absolute Gasteiger partial charge is 0.127 e. The topological polar surface area (TPSA) is 0 Å². The lowest BCUT2D eigenvalue weighted by Crippen LogP contribution is -1.68. The van der Waals surface area contributed by atoms with E-state index in [1.54, 1.807) is 11.3 Å². The molecule has 0 fully saturated rings. The van der Waals surface area contributed by atoms with Gasteiger partial charge in [0.1, 0.15) is 0 Å². The summed E-state index contributed by atoms with van der Waals surface area (Å²) in [6, 6.07) is 1.94. The van der Waals surface area contributed by atoms with Gasteiger partial charge in [-0.15, -0.1) is 11.3 Å². The van der Waals surface area contributed by atoms with E-state index in [4.69, 9.17) is 11.6 Å². The molecule has 0 bridgehead atoms. The van der Waals surface area contributed by atoms with Gasteiger partial charge in [0.05, 0.1) is 4.34 Å². The molecule has 0 amide bonds. The Morgan fingerprint density at radius 1 is 1.78 bits per heavy atom. The molecule has 0 saturated carbocycles. The third kappa shape index (κ3) is 1.69. The molecule has 1 heterocycles. The first kappa shape index (κ1) is 7.58. The number of thiophene rings is 1. The molecule has 50 valence electrons. The second kappa shape index (κ2) is 3.04. The Morgan fingerprint density at radius 2 is 2.44 bits per heavy atom.